The van der Waals surface area contributed by atoms with Crippen LogP contribution in [0.2, 0.25) is 5.02 Å². The zero-order valence-electron chi connectivity index (χ0n) is 18.5. The van der Waals surface area contributed by atoms with Gasteiger partial charge in [0.25, 0.3) is 0 Å². The third kappa shape index (κ3) is 5.85. The molecular formula is C22H23BrClN7O3. The Morgan fingerprint density at radius 3 is 2.68 bits per heavy atom. The van der Waals surface area contributed by atoms with Gasteiger partial charge in [0.2, 0.25) is 17.8 Å². The lowest BCUT2D eigenvalue weighted by Gasteiger charge is -2.27. The average Bonchev–Trinajstić information content (AvgIpc) is 2.83. The molecule has 1 aliphatic heterocycles. The van der Waals surface area contributed by atoms with Gasteiger partial charge in [0, 0.05) is 34.2 Å². The van der Waals surface area contributed by atoms with E-state index in [2.05, 4.69) is 46.7 Å². The third-order valence-corrected chi connectivity index (χ3v) is 5.82. The molecule has 34 heavy (non-hydrogen) atoms. The summed E-state index contributed by atoms with van der Waals surface area (Å²) >= 11 is 9.66. The number of phenolic OH excluding ortho intramolecular Hbond substituents is 1. The number of hydrogen-bond donors (Lipinski definition) is 3. The molecule has 0 unspecified atom stereocenters. The van der Waals surface area contributed by atoms with Gasteiger partial charge < -0.3 is 24.8 Å². The van der Waals surface area contributed by atoms with Gasteiger partial charge in [-0.05, 0) is 46.6 Å². The molecule has 1 saturated heterocycles. The number of anilines is 4. The smallest absolute Gasteiger partial charge is 0.250 e. The summed E-state index contributed by atoms with van der Waals surface area (Å²) in [5.41, 5.74) is 5.13. The maximum atomic E-state index is 10.3. The number of phenols is 1. The Hall–Kier alpha value is -3.15. The van der Waals surface area contributed by atoms with Crippen molar-refractivity contribution in [1.82, 2.24) is 15.0 Å². The number of hydrogen-bond acceptors (Lipinski definition) is 10. The molecule has 12 heteroatoms. The van der Waals surface area contributed by atoms with E-state index in [1.807, 2.05) is 30.0 Å². The second kappa shape index (κ2) is 10.9. The maximum Gasteiger partial charge on any atom is 0.250 e. The summed E-state index contributed by atoms with van der Waals surface area (Å²) in [5, 5.41) is 18.1. The van der Waals surface area contributed by atoms with E-state index in [9.17, 15) is 5.11 Å². The van der Waals surface area contributed by atoms with Crippen LogP contribution in [0.15, 0.2) is 39.9 Å². The number of nitrogens with zero attached hydrogens (tertiary/aromatic N) is 5. The first-order chi connectivity index (χ1) is 16.4. The van der Waals surface area contributed by atoms with Crippen molar-refractivity contribution in [3.8, 4) is 11.5 Å². The number of morpholine rings is 1. The molecule has 0 amide bonds. The van der Waals surface area contributed by atoms with Gasteiger partial charge in [-0.25, -0.2) is 5.43 Å². The van der Waals surface area contributed by atoms with Crippen molar-refractivity contribution in [3.63, 3.8) is 0 Å². The van der Waals surface area contributed by atoms with Crippen LogP contribution in [0.25, 0.3) is 0 Å². The predicted molar refractivity (Wildman–Crippen MR) is 136 cm³/mol. The van der Waals surface area contributed by atoms with Crippen LogP contribution in [0, 0.1) is 6.92 Å². The number of ether oxygens (including phenoxy) is 2. The predicted octanol–water partition coefficient (Wildman–Crippen LogP) is 4.34. The number of benzene rings is 2. The van der Waals surface area contributed by atoms with Crippen molar-refractivity contribution in [2.45, 2.75) is 6.92 Å². The van der Waals surface area contributed by atoms with Crippen LogP contribution >= 0.6 is 27.5 Å². The molecule has 1 aliphatic rings. The van der Waals surface area contributed by atoms with Gasteiger partial charge in [-0.3, -0.25) is 0 Å². The SMILES string of the molecule is COc1cc(Cl)cc(C=NNc2nc(Nc3ccc(C)cc3Br)nc(N3CCOCC3)n2)c1O. The summed E-state index contributed by atoms with van der Waals surface area (Å²) in [6, 6.07) is 9.02. The highest BCUT2D eigenvalue weighted by molar-refractivity contribution is 9.10. The highest BCUT2D eigenvalue weighted by Crippen LogP contribution is 2.32. The number of halogens is 2. The summed E-state index contributed by atoms with van der Waals surface area (Å²) in [6.07, 6.45) is 1.41. The quantitative estimate of drug-likeness (QED) is 0.293. The van der Waals surface area contributed by atoms with Gasteiger partial charge in [0.1, 0.15) is 0 Å². The number of aromatic nitrogens is 3. The minimum absolute atomic E-state index is 0.0753. The Morgan fingerprint density at radius 2 is 1.94 bits per heavy atom. The van der Waals surface area contributed by atoms with E-state index in [0.717, 1.165) is 15.7 Å². The summed E-state index contributed by atoms with van der Waals surface area (Å²) in [5.74, 6) is 1.25. The summed E-state index contributed by atoms with van der Waals surface area (Å²) < 4.78 is 11.5. The number of methoxy groups -OCH3 is 1. The van der Waals surface area contributed by atoms with E-state index in [4.69, 9.17) is 21.1 Å². The standard InChI is InChI=1S/C22H23BrClN7O3/c1-13-3-4-17(16(23)9-13)26-20-27-21(29-22(28-20)31-5-7-34-8-6-31)30-25-12-14-10-15(24)11-18(33-2)19(14)32/h3-4,9-12,32H,5-8H2,1-2H3,(H2,26,27,28,29,30). The lowest BCUT2D eigenvalue weighted by Crippen LogP contribution is -2.37. The molecule has 178 valence electrons. The van der Waals surface area contributed by atoms with Crippen molar-refractivity contribution in [1.29, 1.82) is 0 Å². The van der Waals surface area contributed by atoms with Crippen molar-refractivity contribution >= 4 is 57.3 Å². The minimum Gasteiger partial charge on any atom is -0.504 e. The summed E-state index contributed by atoms with van der Waals surface area (Å²) in [4.78, 5) is 15.5. The minimum atomic E-state index is -0.0753. The molecule has 3 aromatic rings. The molecule has 4 rings (SSSR count). The molecule has 2 aromatic carbocycles. The maximum absolute atomic E-state index is 10.3. The van der Waals surface area contributed by atoms with Gasteiger partial charge in [0.05, 0.1) is 32.2 Å². The molecule has 3 N–H and O–H groups in total. The zero-order chi connectivity index (χ0) is 24.1. The molecule has 0 aliphatic carbocycles. The molecule has 1 fully saturated rings. The number of hydrazone groups is 1. The largest absolute Gasteiger partial charge is 0.504 e. The van der Waals surface area contributed by atoms with Crippen LogP contribution in [-0.4, -0.2) is 59.7 Å². The average molecular weight is 549 g/mol. The number of aryl methyl sites for hydroxylation is 1. The summed E-state index contributed by atoms with van der Waals surface area (Å²) in [6.45, 7) is 4.53. The molecule has 0 bridgehead atoms. The monoisotopic (exact) mass is 547 g/mol. The van der Waals surface area contributed by atoms with Crippen LogP contribution in [-0.2, 0) is 4.74 Å². The lowest BCUT2D eigenvalue weighted by molar-refractivity contribution is 0.122. The first kappa shape index (κ1) is 24.0. The van der Waals surface area contributed by atoms with Gasteiger partial charge in [0.15, 0.2) is 11.5 Å². The molecular weight excluding hydrogens is 526 g/mol. The van der Waals surface area contributed by atoms with E-state index in [0.29, 0.717) is 48.8 Å². The van der Waals surface area contributed by atoms with Crippen LogP contribution in [0.4, 0.5) is 23.5 Å². The van der Waals surface area contributed by atoms with E-state index in [1.165, 1.54) is 19.4 Å². The van der Waals surface area contributed by atoms with Crippen LogP contribution < -0.4 is 20.4 Å². The Morgan fingerprint density at radius 1 is 1.18 bits per heavy atom. The first-order valence-corrected chi connectivity index (χ1v) is 11.6. The molecule has 0 saturated carbocycles. The fourth-order valence-corrected chi connectivity index (χ4v) is 4.03. The van der Waals surface area contributed by atoms with Crippen molar-refractivity contribution in [3.05, 3.63) is 51.0 Å². The van der Waals surface area contributed by atoms with Gasteiger partial charge in [-0.1, -0.05) is 17.7 Å². The first-order valence-electron chi connectivity index (χ1n) is 10.4. The lowest BCUT2D eigenvalue weighted by atomic mass is 10.2. The Kier molecular flexibility index (Phi) is 7.66. The van der Waals surface area contributed by atoms with Gasteiger partial charge in [-0.15, -0.1) is 0 Å². The highest BCUT2D eigenvalue weighted by Gasteiger charge is 2.17. The fraction of sp³-hybridized carbons (Fsp3) is 0.273. The second-order valence-corrected chi connectivity index (χ2v) is 8.70. The molecule has 10 nitrogen and oxygen atoms in total. The van der Waals surface area contributed by atoms with Gasteiger partial charge >= 0.3 is 0 Å². The molecule has 2 heterocycles. The van der Waals surface area contributed by atoms with E-state index in [1.54, 1.807) is 6.07 Å². The molecule has 1 aromatic heterocycles. The number of nitrogens with one attached hydrogen (secondary N) is 2. The third-order valence-electron chi connectivity index (χ3n) is 4.95. The zero-order valence-corrected chi connectivity index (χ0v) is 20.9. The van der Waals surface area contributed by atoms with E-state index >= 15 is 0 Å². The number of aromatic hydroxyl groups is 1. The normalized spacial score (nSPS) is 13.8. The topological polar surface area (TPSA) is 117 Å². The molecule has 0 radical (unpaired) electrons. The second-order valence-electron chi connectivity index (χ2n) is 7.41. The van der Waals surface area contributed by atoms with Crippen LogP contribution in [0.5, 0.6) is 11.5 Å². The van der Waals surface area contributed by atoms with Crippen LogP contribution in [0.3, 0.4) is 0 Å². The van der Waals surface area contributed by atoms with Crippen molar-refractivity contribution < 1.29 is 14.6 Å². The number of rotatable bonds is 7. The van der Waals surface area contributed by atoms with Gasteiger partial charge in [-0.2, -0.15) is 20.1 Å². The Bertz CT molecular complexity index is 1210. The highest BCUT2D eigenvalue weighted by atomic mass is 79.9. The summed E-state index contributed by atoms with van der Waals surface area (Å²) in [7, 11) is 1.45. The Labute approximate surface area is 210 Å². The van der Waals surface area contributed by atoms with Crippen molar-refractivity contribution in [2.75, 3.05) is 49.1 Å². The fourth-order valence-electron chi connectivity index (χ4n) is 3.23. The van der Waals surface area contributed by atoms with E-state index in [-0.39, 0.29) is 17.4 Å². The molecule has 0 atom stereocenters. The molecule has 0 spiro atoms. The van der Waals surface area contributed by atoms with Crippen molar-refractivity contribution in [2.24, 2.45) is 5.10 Å². The van der Waals surface area contributed by atoms with E-state index < -0.39 is 0 Å². The Balaban J connectivity index is 1.61. The van der Waals surface area contributed by atoms with Crippen LogP contribution in [0.1, 0.15) is 11.1 Å².